The van der Waals surface area contributed by atoms with Gasteiger partial charge in [0.05, 0.1) is 12.7 Å². The number of methoxy groups -OCH3 is 1. The lowest BCUT2D eigenvalue weighted by Gasteiger charge is -2.17. The predicted molar refractivity (Wildman–Crippen MR) is 82.3 cm³/mol. The van der Waals surface area contributed by atoms with Crippen LogP contribution >= 0.6 is 0 Å². The number of nitrogens with two attached hydrogens (primary N) is 1. The topological polar surface area (TPSA) is 62.3 Å². The van der Waals surface area contributed by atoms with Gasteiger partial charge in [-0.15, -0.1) is 0 Å². The molecule has 1 unspecified atom stereocenters. The summed E-state index contributed by atoms with van der Waals surface area (Å²) in [6.07, 6.45) is 3.93. The number of amidine groups is 1. The summed E-state index contributed by atoms with van der Waals surface area (Å²) in [6, 6.07) is 5.94. The van der Waals surface area contributed by atoms with Gasteiger partial charge in [0, 0.05) is 13.1 Å². The first-order valence-corrected chi connectivity index (χ1v) is 7.37. The smallest absolute Gasteiger partial charge is 0.130 e. The highest BCUT2D eigenvalue weighted by Gasteiger charge is 2.21. The van der Waals surface area contributed by atoms with Crippen molar-refractivity contribution in [2.75, 3.05) is 20.2 Å². The van der Waals surface area contributed by atoms with Gasteiger partial charge in [0.2, 0.25) is 0 Å². The van der Waals surface area contributed by atoms with Crippen molar-refractivity contribution in [3.8, 4) is 5.75 Å². The van der Waals surface area contributed by atoms with Crippen LogP contribution in [0, 0.1) is 11.3 Å². The fourth-order valence-electron chi connectivity index (χ4n) is 3.02. The third-order valence-corrected chi connectivity index (χ3v) is 4.03. The minimum Gasteiger partial charge on any atom is -0.496 e. The van der Waals surface area contributed by atoms with Crippen molar-refractivity contribution in [1.82, 2.24) is 4.90 Å². The second-order valence-corrected chi connectivity index (χ2v) is 5.63. The number of likely N-dealkylation sites (tertiary alicyclic amines) is 1. The number of hydrogen-bond acceptors (Lipinski definition) is 3. The van der Waals surface area contributed by atoms with Gasteiger partial charge in [0.1, 0.15) is 11.6 Å². The normalized spacial score (nSPS) is 19.2. The van der Waals surface area contributed by atoms with Crippen LogP contribution in [0.25, 0.3) is 0 Å². The van der Waals surface area contributed by atoms with E-state index < -0.39 is 0 Å². The maximum atomic E-state index is 7.53. The van der Waals surface area contributed by atoms with Crippen molar-refractivity contribution in [3.05, 3.63) is 29.3 Å². The second kappa shape index (κ2) is 6.75. The minimum absolute atomic E-state index is 0.0533. The van der Waals surface area contributed by atoms with Crippen molar-refractivity contribution in [3.63, 3.8) is 0 Å². The summed E-state index contributed by atoms with van der Waals surface area (Å²) in [5.41, 5.74) is 7.44. The fraction of sp³-hybridized carbons (Fsp3) is 0.562. The van der Waals surface area contributed by atoms with Crippen LogP contribution in [-0.4, -0.2) is 30.9 Å². The summed E-state index contributed by atoms with van der Waals surface area (Å²) in [6.45, 7) is 5.59. The zero-order chi connectivity index (χ0) is 14.5. The largest absolute Gasteiger partial charge is 0.496 e. The summed E-state index contributed by atoms with van der Waals surface area (Å²) in [4.78, 5) is 2.50. The molecule has 110 valence electrons. The molecule has 0 bridgehead atoms. The molecule has 1 fully saturated rings. The molecule has 3 N–H and O–H groups in total. The Balaban J connectivity index is 2.02. The Morgan fingerprint density at radius 2 is 2.30 bits per heavy atom. The number of hydrogen-bond donors (Lipinski definition) is 2. The first-order chi connectivity index (χ1) is 9.63. The highest BCUT2D eigenvalue weighted by molar-refractivity contribution is 5.97. The maximum absolute atomic E-state index is 7.53. The lowest BCUT2D eigenvalue weighted by Crippen LogP contribution is -2.20. The highest BCUT2D eigenvalue weighted by Crippen LogP contribution is 2.25. The van der Waals surface area contributed by atoms with Crippen molar-refractivity contribution in [2.45, 2.75) is 32.7 Å². The van der Waals surface area contributed by atoms with Crippen molar-refractivity contribution in [2.24, 2.45) is 11.7 Å². The highest BCUT2D eigenvalue weighted by atomic mass is 16.5. The molecule has 0 spiro atoms. The van der Waals surface area contributed by atoms with Gasteiger partial charge in [0.25, 0.3) is 0 Å². The summed E-state index contributed by atoms with van der Waals surface area (Å²) in [5, 5.41) is 7.53. The van der Waals surface area contributed by atoms with E-state index in [0.717, 1.165) is 12.5 Å². The van der Waals surface area contributed by atoms with E-state index in [-0.39, 0.29) is 5.84 Å². The van der Waals surface area contributed by atoms with Crippen LogP contribution in [-0.2, 0) is 6.54 Å². The molecule has 0 radical (unpaired) electrons. The Morgan fingerprint density at radius 3 is 2.95 bits per heavy atom. The SMILES string of the molecule is CCCC1CCN(Cc2ccc(C(=N)N)c(OC)c2)C1. The number of rotatable bonds is 6. The maximum Gasteiger partial charge on any atom is 0.130 e. The quantitative estimate of drug-likeness (QED) is 0.619. The molecule has 1 aromatic rings. The number of ether oxygens (including phenoxy) is 1. The van der Waals surface area contributed by atoms with Crippen LogP contribution in [0.4, 0.5) is 0 Å². The average molecular weight is 275 g/mol. The first kappa shape index (κ1) is 14.9. The Kier molecular flexibility index (Phi) is 5.01. The lowest BCUT2D eigenvalue weighted by atomic mass is 10.0. The Morgan fingerprint density at radius 1 is 1.50 bits per heavy atom. The van der Waals surface area contributed by atoms with Crippen LogP contribution in [0.5, 0.6) is 5.75 Å². The average Bonchev–Trinajstić information content (AvgIpc) is 2.86. The standard InChI is InChI=1S/C16H25N3O/c1-3-4-12-7-8-19(10-12)11-13-5-6-14(16(17)18)15(9-13)20-2/h5-6,9,12H,3-4,7-8,10-11H2,1-2H3,(H3,17,18). The van der Waals surface area contributed by atoms with Gasteiger partial charge < -0.3 is 10.5 Å². The van der Waals surface area contributed by atoms with Crippen LogP contribution in [0.1, 0.15) is 37.3 Å². The van der Waals surface area contributed by atoms with Gasteiger partial charge >= 0.3 is 0 Å². The summed E-state index contributed by atoms with van der Waals surface area (Å²) in [5.74, 6) is 1.61. The molecule has 0 saturated carbocycles. The van der Waals surface area contributed by atoms with Crippen LogP contribution < -0.4 is 10.5 Å². The van der Waals surface area contributed by atoms with Crippen molar-refractivity contribution in [1.29, 1.82) is 5.41 Å². The number of benzene rings is 1. The first-order valence-electron chi connectivity index (χ1n) is 7.37. The molecule has 4 heteroatoms. The van der Waals surface area contributed by atoms with Crippen LogP contribution in [0.15, 0.2) is 18.2 Å². The molecule has 20 heavy (non-hydrogen) atoms. The van der Waals surface area contributed by atoms with E-state index in [1.165, 1.54) is 37.9 Å². The summed E-state index contributed by atoms with van der Waals surface area (Å²) in [7, 11) is 1.62. The van der Waals surface area contributed by atoms with Gasteiger partial charge in [-0.3, -0.25) is 10.3 Å². The molecular formula is C16H25N3O. The van der Waals surface area contributed by atoms with Gasteiger partial charge in [-0.25, -0.2) is 0 Å². The molecule has 1 atom stereocenters. The Hall–Kier alpha value is -1.55. The molecule has 2 rings (SSSR count). The second-order valence-electron chi connectivity index (χ2n) is 5.63. The van der Waals surface area contributed by atoms with E-state index in [0.29, 0.717) is 11.3 Å². The number of nitrogens with zero attached hydrogens (tertiary/aromatic N) is 1. The molecule has 0 amide bonds. The zero-order valence-electron chi connectivity index (χ0n) is 12.5. The van der Waals surface area contributed by atoms with E-state index in [2.05, 4.69) is 11.8 Å². The number of nitrogens with one attached hydrogen (secondary N) is 1. The zero-order valence-corrected chi connectivity index (χ0v) is 12.5. The molecule has 1 saturated heterocycles. The van der Waals surface area contributed by atoms with Gasteiger partial charge in [0.15, 0.2) is 0 Å². The third-order valence-electron chi connectivity index (χ3n) is 4.03. The van der Waals surface area contributed by atoms with Gasteiger partial charge in [-0.05, 0) is 43.0 Å². The Labute approximate surface area is 121 Å². The van der Waals surface area contributed by atoms with Crippen molar-refractivity contribution < 1.29 is 4.74 Å². The molecule has 1 aromatic carbocycles. The Bertz CT molecular complexity index is 473. The van der Waals surface area contributed by atoms with Crippen molar-refractivity contribution >= 4 is 5.84 Å². The minimum atomic E-state index is 0.0533. The summed E-state index contributed by atoms with van der Waals surface area (Å²) < 4.78 is 5.33. The van der Waals surface area contributed by atoms with Crippen LogP contribution in [0.3, 0.4) is 0 Å². The molecular weight excluding hydrogens is 250 g/mol. The van der Waals surface area contributed by atoms with E-state index in [4.69, 9.17) is 15.9 Å². The van der Waals surface area contributed by atoms with E-state index in [1.54, 1.807) is 7.11 Å². The predicted octanol–water partition coefficient (Wildman–Crippen LogP) is 2.60. The molecule has 1 heterocycles. The molecule has 0 aromatic heterocycles. The summed E-state index contributed by atoms with van der Waals surface area (Å²) >= 11 is 0. The van der Waals surface area contributed by atoms with E-state index in [1.807, 2.05) is 18.2 Å². The fourth-order valence-corrected chi connectivity index (χ4v) is 3.02. The van der Waals surface area contributed by atoms with E-state index >= 15 is 0 Å². The van der Waals surface area contributed by atoms with Gasteiger partial charge in [-0.2, -0.15) is 0 Å². The van der Waals surface area contributed by atoms with Crippen LogP contribution in [0.2, 0.25) is 0 Å². The monoisotopic (exact) mass is 275 g/mol. The molecule has 0 aliphatic carbocycles. The van der Waals surface area contributed by atoms with Gasteiger partial charge in [-0.1, -0.05) is 19.4 Å². The molecule has 1 aliphatic rings. The third kappa shape index (κ3) is 3.51. The van der Waals surface area contributed by atoms with E-state index in [9.17, 15) is 0 Å². The number of nitrogen functional groups attached to an aromatic ring is 1. The lowest BCUT2D eigenvalue weighted by molar-refractivity contribution is 0.312. The molecule has 1 aliphatic heterocycles. The molecule has 4 nitrogen and oxygen atoms in total.